The Balaban J connectivity index is 0.000000303. The van der Waals surface area contributed by atoms with Crippen LogP contribution in [0.15, 0.2) is 54.3 Å². The number of cyclic esters (lactones) is 1. The highest BCUT2D eigenvalue weighted by atomic mass is 35.5. The molecule has 0 fully saturated rings. The molecule has 1 aliphatic heterocycles. The van der Waals surface area contributed by atoms with Crippen LogP contribution in [0.2, 0.25) is 10.0 Å². The first-order valence-corrected chi connectivity index (χ1v) is 17.6. The van der Waals surface area contributed by atoms with Crippen LogP contribution in [0.1, 0.15) is 73.9 Å². The fraction of sp³-hybridized carbons (Fsp3) is 0.395. The Labute approximate surface area is 307 Å². The second kappa shape index (κ2) is 17.0. The van der Waals surface area contributed by atoms with Crippen LogP contribution in [0.25, 0.3) is 5.57 Å². The molecule has 0 aliphatic carbocycles. The van der Waals surface area contributed by atoms with Crippen molar-refractivity contribution in [3.05, 3.63) is 97.7 Å². The van der Waals surface area contributed by atoms with Crippen molar-refractivity contribution in [2.45, 2.75) is 77.1 Å². The van der Waals surface area contributed by atoms with Gasteiger partial charge in [-0.1, -0.05) is 47.5 Å². The summed E-state index contributed by atoms with van der Waals surface area (Å²) in [6.45, 7) is 12.3. The molecule has 0 aromatic heterocycles. The third kappa shape index (κ3) is 9.34. The number of aryl methyl sites for hydroxylation is 2. The van der Waals surface area contributed by atoms with E-state index in [9.17, 15) is 24.6 Å². The Morgan fingerprint density at radius 3 is 1.98 bits per heavy atom. The van der Waals surface area contributed by atoms with Gasteiger partial charge in [0.1, 0.15) is 23.0 Å². The average Bonchev–Trinajstić information content (AvgIpc) is 3.26. The second-order valence-corrected chi connectivity index (χ2v) is 15.1. The quantitative estimate of drug-likeness (QED) is 0.138. The van der Waals surface area contributed by atoms with Gasteiger partial charge in [-0.15, -0.1) is 11.8 Å². The molecule has 4 rings (SSSR count). The highest BCUT2D eigenvalue weighted by Crippen LogP contribution is 2.42. The zero-order valence-corrected chi connectivity index (χ0v) is 32.1. The Hall–Kier alpha value is -3.70. The summed E-state index contributed by atoms with van der Waals surface area (Å²) in [7, 11) is 2.97. The maximum Gasteiger partial charge on any atom is 0.343 e. The first-order valence-electron chi connectivity index (χ1n) is 15.8. The van der Waals surface area contributed by atoms with Gasteiger partial charge in [0.25, 0.3) is 0 Å². The minimum absolute atomic E-state index is 0.0130. The molecule has 1 unspecified atom stereocenters. The van der Waals surface area contributed by atoms with E-state index in [1.807, 2.05) is 38.1 Å². The summed E-state index contributed by atoms with van der Waals surface area (Å²) >= 11 is 13.6. The molecular formula is C38H44Cl2O9S. The van der Waals surface area contributed by atoms with Gasteiger partial charge in [0.15, 0.2) is 17.1 Å². The number of methoxy groups -OCH3 is 2. The van der Waals surface area contributed by atoms with Crippen molar-refractivity contribution in [2.75, 3.05) is 20.8 Å². The average molecular weight is 748 g/mol. The molecule has 0 amide bonds. The zero-order valence-electron chi connectivity index (χ0n) is 29.7. The molecule has 0 spiro atoms. The van der Waals surface area contributed by atoms with Crippen molar-refractivity contribution in [2.24, 2.45) is 0 Å². The minimum atomic E-state index is -1.12. The number of halogens is 2. The summed E-state index contributed by atoms with van der Waals surface area (Å²) in [4.78, 5) is 38.6. The molecule has 0 saturated carbocycles. The first kappa shape index (κ1) is 40.7. The van der Waals surface area contributed by atoms with Crippen molar-refractivity contribution in [1.82, 2.24) is 0 Å². The monoisotopic (exact) mass is 746 g/mol. The molecule has 270 valence electrons. The number of aliphatic hydroxyl groups is 2. The molecule has 9 nitrogen and oxygen atoms in total. The minimum Gasteiger partial charge on any atom is -0.507 e. The van der Waals surface area contributed by atoms with E-state index >= 15 is 0 Å². The van der Waals surface area contributed by atoms with Crippen LogP contribution in [-0.2, 0) is 36.2 Å². The largest absolute Gasteiger partial charge is 0.507 e. The molecule has 0 saturated heterocycles. The van der Waals surface area contributed by atoms with Gasteiger partial charge in [-0.2, -0.15) is 0 Å². The number of Topliss-reactive ketones (excluding diaryl/α,β-unsaturated/α-hetero) is 1. The number of thioether (sulfide) groups is 1. The van der Waals surface area contributed by atoms with E-state index in [4.69, 9.17) is 42.1 Å². The van der Waals surface area contributed by atoms with Gasteiger partial charge in [-0.3, -0.25) is 9.59 Å². The molecule has 3 aromatic carbocycles. The number of aliphatic hydroxyl groups excluding tert-OH is 2. The SMILES string of the molecule is CCOC(=O)C(C(=O)C(C)(C)SCc1ccc(CO)cc1)c1c(C)cc(Cl)cc1OC.COc1cc(Cl)cc(C)c1C1=C(O)C(C)(C)OC1=O. The van der Waals surface area contributed by atoms with Gasteiger partial charge < -0.3 is 29.2 Å². The van der Waals surface area contributed by atoms with Gasteiger partial charge in [-0.25, -0.2) is 4.79 Å². The lowest BCUT2D eigenvalue weighted by molar-refractivity contribution is -0.148. The maximum atomic E-state index is 13.7. The lowest BCUT2D eigenvalue weighted by Crippen LogP contribution is -2.38. The number of hydrogen-bond donors (Lipinski definition) is 2. The van der Waals surface area contributed by atoms with Crippen LogP contribution in [-0.4, -0.2) is 59.1 Å². The number of esters is 2. The van der Waals surface area contributed by atoms with Gasteiger partial charge >= 0.3 is 11.9 Å². The molecule has 50 heavy (non-hydrogen) atoms. The highest BCUT2D eigenvalue weighted by molar-refractivity contribution is 8.00. The molecule has 0 bridgehead atoms. The normalized spacial score (nSPS) is 14.4. The van der Waals surface area contributed by atoms with Crippen molar-refractivity contribution in [1.29, 1.82) is 0 Å². The molecule has 0 radical (unpaired) electrons. The predicted molar refractivity (Wildman–Crippen MR) is 197 cm³/mol. The summed E-state index contributed by atoms with van der Waals surface area (Å²) in [6.07, 6.45) is 0. The van der Waals surface area contributed by atoms with Gasteiger partial charge in [0, 0.05) is 26.9 Å². The van der Waals surface area contributed by atoms with Crippen LogP contribution in [0.5, 0.6) is 11.5 Å². The van der Waals surface area contributed by atoms with Gasteiger partial charge in [0.05, 0.1) is 32.2 Å². The fourth-order valence-electron chi connectivity index (χ4n) is 5.41. The number of rotatable bonds is 12. The third-order valence-corrected chi connectivity index (χ3v) is 9.94. The summed E-state index contributed by atoms with van der Waals surface area (Å²) in [5, 5.41) is 20.4. The second-order valence-electron chi connectivity index (χ2n) is 12.6. The molecule has 1 atom stereocenters. The lowest BCUT2D eigenvalue weighted by atomic mass is 9.85. The number of benzene rings is 3. The van der Waals surface area contributed by atoms with Crippen LogP contribution >= 0.6 is 35.0 Å². The molecule has 1 heterocycles. The first-order chi connectivity index (χ1) is 23.4. The van der Waals surface area contributed by atoms with Crippen molar-refractivity contribution < 1.29 is 43.5 Å². The van der Waals surface area contributed by atoms with Crippen molar-refractivity contribution in [3.63, 3.8) is 0 Å². The number of hydrogen-bond acceptors (Lipinski definition) is 10. The molecule has 2 N–H and O–H groups in total. The smallest absolute Gasteiger partial charge is 0.343 e. The fourth-order valence-corrected chi connectivity index (χ4v) is 6.92. The van der Waals surface area contributed by atoms with Gasteiger partial charge in [0.2, 0.25) is 0 Å². The van der Waals surface area contributed by atoms with E-state index in [0.717, 1.165) is 16.7 Å². The molecular weight excluding hydrogens is 703 g/mol. The van der Waals surface area contributed by atoms with E-state index in [0.29, 0.717) is 44.0 Å². The topological polar surface area (TPSA) is 129 Å². The number of carbonyl (C=O) groups is 3. The van der Waals surface area contributed by atoms with Crippen LogP contribution in [0.4, 0.5) is 0 Å². The Morgan fingerprint density at radius 1 is 0.940 bits per heavy atom. The summed E-state index contributed by atoms with van der Waals surface area (Å²) in [6, 6.07) is 14.2. The maximum absolute atomic E-state index is 13.7. The van der Waals surface area contributed by atoms with Crippen LogP contribution in [0, 0.1) is 13.8 Å². The summed E-state index contributed by atoms with van der Waals surface area (Å²) in [5.41, 5.74) is 3.39. The zero-order chi connectivity index (χ0) is 37.6. The summed E-state index contributed by atoms with van der Waals surface area (Å²) < 4.78 is 20.3. The number of ether oxygens (including phenoxy) is 4. The molecule has 3 aromatic rings. The standard InChI is InChI=1S/C24H29ClO5S.C14H15ClO4/c1-6-30-23(28)21(20-15(2)11-18(25)12-19(20)29-5)22(27)24(3,4)31-14-17-9-7-16(13-26)8-10-17;1-7-5-8(15)6-9(18-4)10(7)11-12(16)14(2,3)19-13(11)17/h7-12,21,26H,6,13-14H2,1-5H3;5-6,16H,1-4H3. The predicted octanol–water partition coefficient (Wildman–Crippen LogP) is 8.34. The van der Waals surface area contributed by atoms with Crippen molar-refractivity contribution >= 4 is 58.3 Å². The Morgan fingerprint density at radius 2 is 1.48 bits per heavy atom. The lowest BCUT2D eigenvalue weighted by Gasteiger charge is -2.29. The van der Waals surface area contributed by atoms with Crippen LogP contribution < -0.4 is 9.47 Å². The number of carbonyl (C=O) groups excluding carboxylic acids is 3. The van der Waals surface area contributed by atoms with Crippen molar-refractivity contribution in [3.8, 4) is 11.5 Å². The number of ketones is 1. The van der Waals surface area contributed by atoms with Crippen LogP contribution in [0.3, 0.4) is 0 Å². The molecule has 1 aliphatic rings. The molecule has 12 heteroatoms. The summed E-state index contributed by atoms with van der Waals surface area (Å²) in [5.74, 6) is -1.24. The van der Waals surface area contributed by atoms with Gasteiger partial charge in [-0.05, 0) is 95.0 Å². The van der Waals surface area contributed by atoms with E-state index < -0.39 is 28.2 Å². The Kier molecular flexibility index (Phi) is 13.9. The Bertz CT molecular complexity index is 1760. The van der Waals surface area contributed by atoms with E-state index in [1.54, 1.807) is 58.9 Å². The highest BCUT2D eigenvalue weighted by Gasteiger charge is 2.43. The van der Waals surface area contributed by atoms with E-state index in [-0.39, 0.29) is 30.3 Å². The van der Waals surface area contributed by atoms with E-state index in [1.165, 1.54) is 26.0 Å². The third-order valence-electron chi connectivity index (χ3n) is 8.10. The van der Waals surface area contributed by atoms with E-state index in [2.05, 4.69) is 0 Å².